The summed E-state index contributed by atoms with van der Waals surface area (Å²) in [5, 5.41) is 9.26. The lowest BCUT2D eigenvalue weighted by atomic mass is 10.1. The number of para-hydroxylation sites is 1. The monoisotopic (exact) mass is 357 g/mol. The van der Waals surface area contributed by atoms with Crippen molar-refractivity contribution in [2.75, 3.05) is 13.1 Å². The molecule has 1 atom stereocenters. The zero-order valence-corrected chi connectivity index (χ0v) is 14.7. The Balaban J connectivity index is 1.50. The van der Waals surface area contributed by atoms with Gasteiger partial charge in [0.15, 0.2) is 5.65 Å². The molecule has 5 rings (SSSR count). The van der Waals surface area contributed by atoms with E-state index in [1.54, 1.807) is 6.33 Å². The molecule has 1 saturated heterocycles. The van der Waals surface area contributed by atoms with Crippen molar-refractivity contribution in [3.05, 3.63) is 67.1 Å². The fourth-order valence-corrected chi connectivity index (χ4v) is 3.50. The number of aromatic nitrogens is 4. The van der Waals surface area contributed by atoms with E-state index in [0.717, 1.165) is 53.3 Å². The van der Waals surface area contributed by atoms with Crippen molar-refractivity contribution in [3.8, 4) is 22.8 Å². The fourth-order valence-electron chi connectivity index (χ4n) is 3.50. The quantitative estimate of drug-likeness (QED) is 0.601. The third-order valence-corrected chi connectivity index (χ3v) is 4.86. The van der Waals surface area contributed by atoms with E-state index in [2.05, 4.69) is 15.3 Å². The Bertz CT molecular complexity index is 1050. The summed E-state index contributed by atoms with van der Waals surface area (Å²) in [6, 6.07) is 18.1. The van der Waals surface area contributed by atoms with Gasteiger partial charge in [0.2, 0.25) is 0 Å². The molecule has 2 aromatic heterocycles. The predicted molar refractivity (Wildman–Crippen MR) is 104 cm³/mol. The van der Waals surface area contributed by atoms with Crippen LogP contribution in [0, 0.1) is 0 Å². The molecule has 6 heteroatoms. The molecule has 0 aliphatic carbocycles. The van der Waals surface area contributed by atoms with Gasteiger partial charge < -0.3 is 10.1 Å². The molecule has 0 radical (unpaired) electrons. The van der Waals surface area contributed by atoms with Crippen LogP contribution in [0.15, 0.2) is 67.1 Å². The Morgan fingerprint density at radius 2 is 1.81 bits per heavy atom. The van der Waals surface area contributed by atoms with E-state index in [1.807, 2.05) is 65.5 Å². The Morgan fingerprint density at radius 3 is 2.59 bits per heavy atom. The Kier molecular flexibility index (Phi) is 4.03. The average Bonchev–Trinajstić information content (AvgIpc) is 3.37. The number of ether oxygens (including phenoxy) is 1. The lowest BCUT2D eigenvalue weighted by Gasteiger charge is -2.09. The van der Waals surface area contributed by atoms with Gasteiger partial charge in [-0.05, 0) is 49.4 Å². The van der Waals surface area contributed by atoms with Crippen LogP contribution in [0.25, 0.3) is 22.3 Å². The molecule has 1 aliphatic rings. The highest BCUT2D eigenvalue weighted by molar-refractivity contribution is 5.90. The number of benzene rings is 2. The summed E-state index contributed by atoms with van der Waals surface area (Å²) in [6.45, 7) is 1.93. The van der Waals surface area contributed by atoms with Crippen LogP contribution in [0.5, 0.6) is 11.5 Å². The second-order valence-electron chi connectivity index (χ2n) is 6.64. The molecule has 27 heavy (non-hydrogen) atoms. The van der Waals surface area contributed by atoms with Crippen molar-refractivity contribution in [3.63, 3.8) is 0 Å². The molecule has 3 heterocycles. The van der Waals surface area contributed by atoms with E-state index in [1.165, 1.54) is 0 Å². The summed E-state index contributed by atoms with van der Waals surface area (Å²) in [5.41, 5.74) is 2.82. The topological polar surface area (TPSA) is 64.9 Å². The summed E-state index contributed by atoms with van der Waals surface area (Å²) in [4.78, 5) is 8.69. The number of hydrogen-bond donors (Lipinski definition) is 1. The third-order valence-electron chi connectivity index (χ3n) is 4.86. The van der Waals surface area contributed by atoms with Crippen LogP contribution < -0.4 is 10.1 Å². The first-order chi connectivity index (χ1) is 13.4. The molecular weight excluding hydrogens is 338 g/mol. The van der Waals surface area contributed by atoms with Gasteiger partial charge in [-0.25, -0.2) is 14.6 Å². The minimum Gasteiger partial charge on any atom is -0.457 e. The molecule has 1 N–H and O–H groups in total. The van der Waals surface area contributed by atoms with Crippen molar-refractivity contribution < 1.29 is 4.74 Å². The molecule has 1 aliphatic heterocycles. The summed E-state index contributed by atoms with van der Waals surface area (Å²) in [5.74, 6) is 1.62. The van der Waals surface area contributed by atoms with Gasteiger partial charge >= 0.3 is 0 Å². The largest absolute Gasteiger partial charge is 0.457 e. The zero-order valence-electron chi connectivity index (χ0n) is 14.7. The van der Waals surface area contributed by atoms with Crippen LogP contribution in [0.4, 0.5) is 0 Å². The summed E-state index contributed by atoms with van der Waals surface area (Å²) in [7, 11) is 0. The van der Waals surface area contributed by atoms with Crippen LogP contribution in [0.3, 0.4) is 0 Å². The molecular formula is C21H19N5O. The highest BCUT2D eigenvalue weighted by atomic mass is 16.5. The van der Waals surface area contributed by atoms with Gasteiger partial charge in [-0.1, -0.05) is 18.2 Å². The summed E-state index contributed by atoms with van der Waals surface area (Å²) < 4.78 is 7.93. The molecule has 0 amide bonds. The smallest absolute Gasteiger partial charge is 0.162 e. The number of nitrogens with one attached hydrogen (secondary N) is 1. The van der Waals surface area contributed by atoms with Gasteiger partial charge in [0, 0.05) is 18.3 Å². The second-order valence-corrected chi connectivity index (χ2v) is 6.64. The van der Waals surface area contributed by atoms with Crippen molar-refractivity contribution in [2.24, 2.45) is 0 Å². The number of hydrogen-bond acceptors (Lipinski definition) is 5. The molecule has 0 spiro atoms. The normalized spacial score (nSPS) is 16.7. The second kappa shape index (κ2) is 6.81. The van der Waals surface area contributed by atoms with E-state index in [9.17, 15) is 0 Å². The summed E-state index contributed by atoms with van der Waals surface area (Å²) >= 11 is 0. The third kappa shape index (κ3) is 3.04. The first kappa shape index (κ1) is 16.0. The molecule has 2 aromatic carbocycles. The molecule has 134 valence electrons. The van der Waals surface area contributed by atoms with E-state index < -0.39 is 0 Å². The molecule has 0 saturated carbocycles. The lowest BCUT2D eigenvalue weighted by molar-refractivity contribution is 0.482. The highest BCUT2D eigenvalue weighted by Crippen LogP contribution is 2.31. The maximum atomic E-state index is 5.88. The van der Waals surface area contributed by atoms with Crippen molar-refractivity contribution in [1.29, 1.82) is 0 Å². The van der Waals surface area contributed by atoms with Crippen LogP contribution in [0.1, 0.15) is 12.5 Å². The molecule has 1 fully saturated rings. The zero-order chi connectivity index (χ0) is 18.1. The summed E-state index contributed by atoms with van der Waals surface area (Å²) in [6.07, 6.45) is 4.49. The van der Waals surface area contributed by atoms with Gasteiger partial charge in [0.1, 0.15) is 23.5 Å². The van der Waals surface area contributed by atoms with Crippen LogP contribution in [0.2, 0.25) is 0 Å². The molecule has 0 bridgehead atoms. The lowest BCUT2D eigenvalue weighted by Crippen LogP contribution is -2.14. The fraction of sp³-hybridized carbons (Fsp3) is 0.190. The minimum absolute atomic E-state index is 0.330. The number of nitrogens with zero attached hydrogens (tertiary/aromatic N) is 4. The Hall–Kier alpha value is -3.25. The molecule has 6 nitrogen and oxygen atoms in total. The minimum atomic E-state index is 0.330. The van der Waals surface area contributed by atoms with Crippen LogP contribution in [-0.4, -0.2) is 32.8 Å². The van der Waals surface area contributed by atoms with E-state index >= 15 is 0 Å². The molecule has 0 unspecified atom stereocenters. The molecule has 4 aromatic rings. The highest BCUT2D eigenvalue weighted by Gasteiger charge is 2.22. The Morgan fingerprint density at radius 1 is 1.00 bits per heavy atom. The van der Waals surface area contributed by atoms with Gasteiger partial charge in [0.25, 0.3) is 0 Å². The van der Waals surface area contributed by atoms with E-state index in [0.29, 0.717) is 6.04 Å². The van der Waals surface area contributed by atoms with E-state index in [4.69, 9.17) is 9.84 Å². The standard InChI is InChI=1S/C21H19N5O/c1-2-4-17(5-3-1)27-18-8-6-15(7-9-18)20-19-13-23-14-24-21(19)26(25-20)16-10-11-22-12-16/h1-9,13-14,16,22H,10-12H2/t16-/m1/s1. The SMILES string of the molecule is c1ccc(Oc2ccc(-c3nn([C@@H]4CCNC4)c4ncncc34)cc2)cc1. The number of rotatable bonds is 4. The van der Waals surface area contributed by atoms with Gasteiger partial charge in [-0.3, -0.25) is 0 Å². The van der Waals surface area contributed by atoms with Crippen molar-refractivity contribution in [1.82, 2.24) is 25.1 Å². The van der Waals surface area contributed by atoms with Crippen LogP contribution >= 0.6 is 0 Å². The van der Waals surface area contributed by atoms with Gasteiger partial charge in [0.05, 0.1) is 11.4 Å². The van der Waals surface area contributed by atoms with E-state index in [-0.39, 0.29) is 0 Å². The maximum Gasteiger partial charge on any atom is 0.162 e. The average molecular weight is 357 g/mol. The van der Waals surface area contributed by atoms with Gasteiger partial charge in [-0.15, -0.1) is 0 Å². The van der Waals surface area contributed by atoms with Gasteiger partial charge in [-0.2, -0.15) is 5.10 Å². The first-order valence-corrected chi connectivity index (χ1v) is 9.11. The van der Waals surface area contributed by atoms with Crippen molar-refractivity contribution in [2.45, 2.75) is 12.5 Å². The van der Waals surface area contributed by atoms with Crippen molar-refractivity contribution >= 4 is 11.0 Å². The maximum absolute atomic E-state index is 5.88. The van der Waals surface area contributed by atoms with Crippen LogP contribution in [-0.2, 0) is 0 Å². The Labute approximate surface area is 156 Å². The predicted octanol–water partition coefficient (Wildman–Crippen LogP) is 3.82. The first-order valence-electron chi connectivity index (χ1n) is 9.11. The number of fused-ring (bicyclic) bond motifs is 1.